The van der Waals surface area contributed by atoms with Crippen molar-refractivity contribution in [2.45, 2.75) is 33.1 Å². The fourth-order valence-electron chi connectivity index (χ4n) is 3.72. The number of phenolic OH excluding ortho intramolecular Hbond substituents is 1. The molecule has 1 aliphatic rings. The van der Waals surface area contributed by atoms with Crippen molar-refractivity contribution in [1.29, 1.82) is 0 Å². The van der Waals surface area contributed by atoms with Gasteiger partial charge >= 0.3 is 5.97 Å². The summed E-state index contributed by atoms with van der Waals surface area (Å²) in [5.74, 6) is -2.29. The monoisotopic (exact) mass is 496 g/mol. The van der Waals surface area contributed by atoms with Gasteiger partial charge in [-0.25, -0.2) is 4.79 Å². The van der Waals surface area contributed by atoms with Crippen molar-refractivity contribution in [2.24, 2.45) is 0 Å². The number of aliphatic hydroxyl groups is 1. The summed E-state index contributed by atoms with van der Waals surface area (Å²) in [6.45, 7) is 6.20. The molecule has 3 rings (SSSR count). The summed E-state index contributed by atoms with van der Waals surface area (Å²) in [6, 6.07) is 10.8. The van der Waals surface area contributed by atoms with E-state index in [0.29, 0.717) is 6.54 Å². The van der Waals surface area contributed by atoms with Crippen LogP contribution >= 0.6 is 0 Å². The van der Waals surface area contributed by atoms with E-state index in [9.17, 15) is 29.4 Å². The van der Waals surface area contributed by atoms with Crippen LogP contribution in [-0.2, 0) is 9.59 Å². The summed E-state index contributed by atoms with van der Waals surface area (Å²) < 4.78 is 0. The molecule has 0 aliphatic carbocycles. The van der Waals surface area contributed by atoms with Crippen molar-refractivity contribution in [1.82, 2.24) is 4.90 Å². The number of carboxylic acids is 1. The molecule has 36 heavy (non-hydrogen) atoms. The van der Waals surface area contributed by atoms with Gasteiger partial charge in [-0.1, -0.05) is 18.2 Å². The number of unbranched alkanes of at least 4 members (excludes halogenated alkanes) is 2. The fourth-order valence-corrected chi connectivity index (χ4v) is 3.72. The van der Waals surface area contributed by atoms with Crippen LogP contribution in [0.5, 0.6) is 5.75 Å². The highest BCUT2D eigenvalue weighted by atomic mass is 16.4. The van der Waals surface area contributed by atoms with Gasteiger partial charge in [0.1, 0.15) is 5.75 Å². The van der Waals surface area contributed by atoms with Crippen LogP contribution in [0.4, 0.5) is 5.69 Å². The van der Waals surface area contributed by atoms with Crippen LogP contribution in [-0.4, -0.2) is 70.0 Å². The van der Waals surface area contributed by atoms with Crippen LogP contribution in [0.25, 0.3) is 0 Å². The number of aliphatic hydroxyl groups excluding tert-OH is 1. The normalized spacial score (nSPS) is 12.4. The SMILES string of the molecule is CCN(CC)c1ccc(C(=O)c2ccccc2C(=O)O)c(O)c1.O=C1C=CC(=O)N1CCCCCO. The maximum Gasteiger partial charge on any atom is 0.336 e. The molecular formula is C27H32N2O7. The summed E-state index contributed by atoms with van der Waals surface area (Å²) in [7, 11) is 0. The number of aromatic carboxylic acids is 1. The Kier molecular flexibility index (Phi) is 10.8. The van der Waals surface area contributed by atoms with Crippen molar-refractivity contribution in [2.75, 3.05) is 31.1 Å². The second-order valence-corrected chi connectivity index (χ2v) is 8.00. The molecule has 2 aromatic carbocycles. The molecule has 0 saturated carbocycles. The lowest BCUT2D eigenvalue weighted by molar-refractivity contribution is -0.136. The predicted molar refractivity (Wildman–Crippen MR) is 135 cm³/mol. The Hall–Kier alpha value is -3.98. The number of amides is 2. The Balaban J connectivity index is 0.000000297. The highest BCUT2D eigenvalue weighted by molar-refractivity contribution is 6.15. The maximum absolute atomic E-state index is 12.6. The van der Waals surface area contributed by atoms with Crippen LogP contribution in [0.1, 0.15) is 59.4 Å². The number of hydrogen-bond acceptors (Lipinski definition) is 7. The van der Waals surface area contributed by atoms with Gasteiger partial charge in [0.25, 0.3) is 11.8 Å². The number of carboxylic acid groups (broad SMARTS) is 1. The van der Waals surface area contributed by atoms with E-state index in [-0.39, 0.29) is 40.9 Å². The molecule has 3 N–H and O–H groups in total. The maximum atomic E-state index is 12.6. The van der Waals surface area contributed by atoms with Gasteiger partial charge in [0, 0.05) is 55.7 Å². The fraction of sp³-hybridized carbons (Fsp3) is 0.333. The van der Waals surface area contributed by atoms with Crippen LogP contribution in [0.3, 0.4) is 0 Å². The van der Waals surface area contributed by atoms with Crippen molar-refractivity contribution < 1.29 is 34.5 Å². The van der Waals surface area contributed by atoms with Crippen LogP contribution < -0.4 is 4.90 Å². The summed E-state index contributed by atoms with van der Waals surface area (Å²) in [5.41, 5.74) is 0.890. The first-order chi connectivity index (χ1) is 17.2. The van der Waals surface area contributed by atoms with Crippen molar-refractivity contribution in [3.63, 3.8) is 0 Å². The zero-order valence-electron chi connectivity index (χ0n) is 20.5. The van der Waals surface area contributed by atoms with Gasteiger partial charge in [-0.05, 0) is 51.3 Å². The van der Waals surface area contributed by atoms with E-state index in [1.807, 2.05) is 18.7 Å². The molecule has 0 aromatic heterocycles. The highest BCUT2D eigenvalue weighted by Crippen LogP contribution is 2.27. The van der Waals surface area contributed by atoms with Crippen LogP contribution in [0.15, 0.2) is 54.6 Å². The largest absolute Gasteiger partial charge is 0.507 e. The minimum Gasteiger partial charge on any atom is -0.507 e. The number of nitrogens with zero attached hydrogens (tertiary/aromatic N) is 2. The number of imide groups is 1. The van der Waals surface area contributed by atoms with E-state index >= 15 is 0 Å². The average molecular weight is 497 g/mol. The Morgan fingerprint density at radius 3 is 2.00 bits per heavy atom. The Morgan fingerprint density at radius 1 is 0.861 bits per heavy atom. The molecule has 0 unspecified atom stereocenters. The number of hydrogen-bond donors (Lipinski definition) is 3. The molecule has 0 radical (unpaired) electrons. The molecule has 0 atom stereocenters. The molecule has 0 fully saturated rings. The smallest absolute Gasteiger partial charge is 0.336 e. The molecule has 192 valence electrons. The second-order valence-electron chi connectivity index (χ2n) is 8.00. The number of carbonyl (C=O) groups excluding carboxylic acids is 3. The van der Waals surface area contributed by atoms with Crippen molar-refractivity contribution in [3.05, 3.63) is 71.3 Å². The topological polar surface area (TPSA) is 135 Å². The van der Waals surface area contributed by atoms with Gasteiger partial charge in [0.15, 0.2) is 5.78 Å². The van der Waals surface area contributed by atoms with Crippen LogP contribution in [0.2, 0.25) is 0 Å². The number of carbonyl (C=O) groups is 4. The first-order valence-electron chi connectivity index (χ1n) is 11.8. The van der Waals surface area contributed by atoms with Crippen LogP contribution in [0, 0.1) is 0 Å². The van der Waals surface area contributed by atoms with E-state index in [0.717, 1.165) is 38.0 Å². The van der Waals surface area contributed by atoms with Crippen molar-refractivity contribution >= 4 is 29.3 Å². The molecule has 9 heteroatoms. The zero-order chi connectivity index (χ0) is 26.7. The average Bonchev–Trinajstić information content (AvgIpc) is 3.19. The molecule has 9 nitrogen and oxygen atoms in total. The van der Waals surface area contributed by atoms with Gasteiger partial charge in [0.05, 0.1) is 11.1 Å². The van der Waals surface area contributed by atoms with E-state index in [1.165, 1.54) is 41.3 Å². The predicted octanol–water partition coefficient (Wildman–Crippen LogP) is 3.24. The summed E-state index contributed by atoms with van der Waals surface area (Å²) >= 11 is 0. The number of ketones is 1. The van der Waals surface area contributed by atoms with Gasteiger partial charge in [-0.15, -0.1) is 0 Å². The van der Waals surface area contributed by atoms with Gasteiger partial charge < -0.3 is 20.2 Å². The lowest BCUT2D eigenvalue weighted by Crippen LogP contribution is -2.30. The third-order valence-electron chi connectivity index (χ3n) is 5.70. The molecule has 2 amide bonds. The van der Waals surface area contributed by atoms with Gasteiger partial charge in [-0.3, -0.25) is 19.3 Å². The molecular weight excluding hydrogens is 464 g/mol. The lowest BCUT2D eigenvalue weighted by Gasteiger charge is -2.21. The molecule has 2 aromatic rings. The summed E-state index contributed by atoms with van der Waals surface area (Å²) in [4.78, 5) is 49.1. The van der Waals surface area contributed by atoms with Gasteiger partial charge in [-0.2, -0.15) is 0 Å². The minimum atomic E-state index is -1.17. The third-order valence-corrected chi connectivity index (χ3v) is 5.70. The number of anilines is 1. The minimum absolute atomic E-state index is 0.0610. The van der Waals surface area contributed by atoms with Crippen molar-refractivity contribution in [3.8, 4) is 5.75 Å². The molecule has 0 spiro atoms. The van der Waals surface area contributed by atoms with E-state index in [2.05, 4.69) is 0 Å². The number of phenols is 1. The second kappa shape index (κ2) is 13.8. The van der Waals surface area contributed by atoms with Gasteiger partial charge in [0.2, 0.25) is 0 Å². The number of aromatic hydroxyl groups is 1. The Bertz CT molecular complexity index is 1100. The zero-order valence-corrected chi connectivity index (χ0v) is 20.5. The first-order valence-corrected chi connectivity index (χ1v) is 11.8. The van der Waals surface area contributed by atoms with E-state index < -0.39 is 11.8 Å². The number of rotatable bonds is 11. The van der Waals surface area contributed by atoms with E-state index in [4.69, 9.17) is 5.11 Å². The summed E-state index contributed by atoms with van der Waals surface area (Å²) in [6.07, 6.45) is 4.90. The van der Waals surface area contributed by atoms with E-state index in [1.54, 1.807) is 18.2 Å². The lowest BCUT2D eigenvalue weighted by atomic mass is 9.97. The quantitative estimate of drug-likeness (QED) is 0.245. The molecule has 0 saturated heterocycles. The first kappa shape index (κ1) is 28.3. The molecule has 1 heterocycles. The highest BCUT2D eigenvalue weighted by Gasteiger charge is 2.22. The Morgan fingerprint density at radius 2 is 1.47 bits per heavy atom. The molecule has 0 bridgehead atoms. The standard InChI is InChI=1S/C18H19NO4.C9H13NO3/c1-3-19(4-2)12-9-10-15(16(20)11-12)17(21)13-7-5-6-8-14(13)18(22)23;11-7-3-1-2-6-10-8(12)4-5-9(10)13/h5-11,20H,3-4H2,1-2H3,(H,22,23);4-5,11H,1-3,6-7H2. The molecule has 1 aliphatic heterocycles. The Labute approximate surface area is 210 Å². The third kappa shape index (κ3) is 7.26. The number of benzene rings is 2. The summed E-state index contributed by atoms with van der Waals surface area (Å²) in [5, 5.41) is 27.9.